The molecule has 0 bridgehead atoms. The lowest BCUT2D eigenvalue weighted by Crippen LogP contribution is -2.61. The molecule has 0 aliphatic carbocycles. The molecule has 5 atom stereocenters. The van der Waals surface area contributed by atoms with Gasteiger partial charge >= 0.3 is 5.97 Å². The lowest BCUT2D eigenvalue weighted by atomic mass is 9.99. The van der Waals surface area contributed by atoms with Crippen molar-refractivity contribution in [2.75, 3.05) is 0 Å². The number of carbonyl (C=O) groups is 1. The summed E-state index contributed by atoms with van der Waals surface area (Å²) in [7, 11) is 0. The minimum atomic E-state index is -1.79. The second-order valence-corrected chi connectivity index (χ2v) is 4.82. The fourth-order valence-electron chi connectivity index (χ4n) is 2.00. The maximum absolute atomic E-state index is 10.9. The van der Waals surface area contributed by atoms with Crippen LogP contribution in [0.1, 0.15) is 5.56 Å². The Morgan fingerprint density at radius 3 is 2.43 bits per heavy atom. The predicted octanol–water partition coefficient (Wildman–Crippen LogP) is -1.03. The molecule has 1 heterocycles. The number of aromatic hydroxyl groups is 1. The standard InChI is InChI=1S/C13H16O8/c1-5-2-3-7(6(14)4-5)20-13-10(17)8(15)9(16)11(21-13)12(18)19/h2-4,8-11,13-17H,1H3,(H,18,19)/t8-,9-,10+,11-,13+/m0/s1. The van der Waals surface area contributed by atoms with Gasteiger partial charge in [-0.1, -0.05) is 6.07 Å². The summed E-state index contributed by atoms with van der Waals surface area (Å²) in [5, 5.41) is 47.6. The SMILES string of the molecule is Cc1ccc(O[C@@H]2O[C@H](C(=O)O)[C@@H](O)[C@H](O)[C@H]2O)c(O)c1. The molecule has 1 aliphatic heterocycles. The molecular formula is C13H16O8. The number of phenols is 1. The van der Waals surface area contributed by atoms with E-state index in [1.165, 1.54) is 12.1 Å². The molecule has 0 radical (unpaired) electrons. The number of aliphatic hydroxyl groups excluding tert-OH is 3. The number of rotatable bonds is 3. The van der Waals surface area contributed by atoms with E-state index in [2.05, 4.69) is 0 Å². The van der Waals surface area contributed by atoms with Gasteiger partial charge in [0.2, 0.25) is 6.29 Å². The number of aliphatic hydroxyl groups is 3. The zero-order chi connectivity index (χ0) is 15.7. The van der Waals surface area contributed by atoms with E-state index in [1.807, 2.05) is 0 Å². The van der Waals surface area contributed by atoms with E-state index in [4.69, 9.17) is 14.6 Å². The number of aryl methyl sites for hydroxylation is 1. The number of carboxylic acid groups (broad SMARTS) is 1. The van der Waals surface area contributed by atoms with Crippen molar-refractivity contribution in [3.8, 4) is 11.5 Å². The highest BCUT2D eigenvalue weighted by molar-refractivity contribution is 5.73. The van der Waals surface area contributed by atoms with Crippen LogP contribution in [0.5, 0.6) is 11.5 Å². The summed E-state index contributed by atoms with van der Waals surface area (Å²) in [5.74, 6) is -1.77. The number of benzene rings is 1. The molecule has 1 saturated heterocycles. The molecule has 1 fully saturated rings. The first-order chi connectivity index (χ1) is 9.81. The van der Waals surface area contributed by atoms with E-state index >= 15 is 0 Å². The van der Waals surface area contributed by atoms with Gasteiger partial charge in [-0.05, 0) is 24.6 Å². The fourth-order valence-corrected chi connectivity index (χ4v) is 2.00. The van der Waals surface area contributed by atoms with Crippen LogP contribution in [0.4, 0.5) is 0 Å². The smallest absolute Gasteiger partial charge is 0.335 e. The molecule has 0 unspecified atom stereocenters. The second kappa shape index (κ2) is 5.86. The summed E-state index contributed by atoms with van der Waals surface area (Å²) in [6, 6.07) is 4.45. The summed E-state index contributed by atoms with van der Waals surface area (Å²) in [4.78, 5) is 10.9. The quantitative estimate of drug-likeness (QED) is 0.478. The van der Waals surface area contributed by atoms with E-state index in [-0.39, 0.29) is 11.5 Å². The Kier molecular flexibility index (Phi) is 4.33. The van der Waals surface area contributed by atoms with E-state index < -0.39 is 36.7 Å². The molecule has 1 aliphatic rings. The molecular weight excluding hydrogens is 284 g/mol. The zero-order valence-corrected chi connectivity index (χ0v) is 11.1. The number of aliphatic carboxylic acids is 1. The molecule has 1 aromatic carbocycles. The minimum Gasteiger partial charge on any atom is -0.504 e. The maximum atomic E-state index is 10.9. The van der Waals surface area contributed by atoms with Crippen LogP contribution in [0.3, 0.4) is 0 Å². The Bertz CT molecular complexity index is 531. The van der Waals surface area contributed by atoms with Gasteiger partial charge in [-0.3, -0.25) is 0 Å². The fraction of sp³-hybridized carbons (Fsp3) is 0.462. The molecule has 0 spiro atoms. The van der Waals surface area contributed by atoms with Crippen molar-refractivity contribution >= 4 is 5.97 Å². The van der Waals surface area contributed by atoms with Crippen LogP contribution in [-0.2, 0) is 9.53 Å². The zero-order valence-electron chi connectivity index (χ0n) is 11.1. The highest BCUT2D eigenvalue weighted by Crippen LogP contribution is 2.30. The molecule has 2 rings (SSSR count). The molecule has 0 aromatic heterocycles. The molecule has 8 heteroatoms. The van der Waals surface area contributed by atoms with Crippen LogP contribution in [0.25, 0.3) is 0 Å². The summed E-state index contributed by atoms with van der Waals surface area (Å²) in [6.45, 7) is 1.75. The van der Waals surface area contributed by atoms with Crippen molar-refractivity contribution in [3.05, 3.63) is 23.8 Å². The van der Waals surface area contributed by atoms with Gasteiger partial charge in [0, 0.05) is 0 Å². The van der Waals surface area contributed by atoms with E-state index in [9.17, 15) is 25.2 Å². The van der Waals surface area contributed by atoms with Gasteiger partial charge in [-0.25, -0.2) is 4.79 Å². The predicted molar refractivity (Wildman–Crippen MR) is 67.8 cm³/mol. The largest absolute Gasteiger partial charge is 0.504 e. The molecule has 21 heavy (non-hydrogen) atoms. The van der Waals surface area contributed by atoms with Gasteiger partial charge in [-0.15, -0.1) is 0 Å². The second-order valence-electron chi connectivity index (χ2n) is 4.82. The van der Waals surface area contributed by atoms with Gasteiger partial charge in [0.25, 0.3) is 0 Å². The van der Waals surface area contributed by atoms with Gasteiger partial charge < -0.3 is 35.0 Å². The van der Waals surface area contributed by atoms with E-state index in [0.717, 1.165) is 5.56 Å². The van der Waals surface area contributed by atoms with Crippen molar-refractivity contribution in [1.82, 2.24) is 0 Å². The van der Waals surface area contributed by atoms with Crippen molar-refractivity contribution in [2.45, 2.75) is 37.6 Å². The minimum absolute atomic E-state index is 0.0441. The highest BCUT2D eigenvalue weighted by Gasteiger charge is 2.48. The Balaban J connectivity index is 2.20. The van der Waals surface area contributed by atoms with Crippen LogP contribution in [0.2, 0.25) is 0 Å². The Labute approximate surface area is 119 Å². The molecule has 0 saturated carbocycles. The highest BCUT2D eigenvalue weighted by atomic mass is 16.7. The van der Waals surface area contributed by atoms with Crippen molar-refractivity contribution in [3.63, 3.8) is 0 Å². The normalized spacial score (nSPS) is 32.7. The Morgan fingerprint density at radius 1 is 1.19 bits per heavy atom. The van der Waals surface area contributed by atoms with Gasteiger partial charge in [0.1, 0.15) is 18.3 Å². The number of phenolic OH excluding ortho intramolecular Hbond substituents is 1. The van der Waals surface area contributed by atoms with Gasteiger partial charge in [-0.2, -0.15) is 0 Å². The summed E-state index contributed by atoms with van der Waals surface area (Å²) in [6.07, 6.45) is -8.50. The van der Waals surface area contributed by atoms with Gasteiger partial charge in [0.15, 0.2) is 17.6 Å². The first-order valence-corrected chi connectivity index (χ1v) is 6.20. The average Bonchev–Trinajstić information content (AvgIpc) is 2.41. The molecule has 116 valence electrons. The van der Waals surface area contributed by atoms with Gasteiger partial charge in [0.05, 0.1) is 0 Å². The number of ether oxygens (including phenoxy) is 2. The van der Waals surface area contributed by atoms with Crippen molar-refractivity contribution in [2.24, 2.45) is 0 Å². The first-order valence-electron chi connectivity index (χ1n) is 6.20. The van der Waals surface area contributed by atoms with E-state index in [0.29, 0.717) is 0 Å². The lowest BCUT2D eigenvalue weighted by molar-refractivity contribution is -0.271. The summed E-state index contributed by atoms with van der Waals surface area (Å²) in [5.41, 5.74) is 0.767. The van der Waals surface area contributed by atoms with Crippen LogP contribution < -0.4 is 4.74 Å². The topological polar surface area (TPSA) is 137 Å². The average molecular weight is 300 g/mol. The molecule has 1 aromatic rings. The first kappa shape index (κ1) is 15.5. The number of hydrogen-bond donors (Lipinski definition) is 5. The monoisotopic (exact) mass is 300 g/mol. The third-order valence-corrected chi connectivity index (χ3v) is 3.17. The Morgan fingerprint density at radius 2 is 1.86 bits per heavy atom. The molecule has 0 amide bonds. The number of carboxylic acids is 1. The summed E-state index contributed by atoms with van der Waals surface area (Å²) < 4.78 is 10.1. The van der Waals surface area contributed by atoms with Crippen LogP contribution in [0, 0.1) is 6.92 Å². The van der Waals surface area contributed by atoms with E-state index in [1.54, 1.807) is 13.0 Å². The Hall–Kier alpha value is -1.87. The third kappa shape index (κ3) is 3.08. The third-order valence-electron chi connectivity index (χ3n) is 3.17. The van der Waals surface area contributed by atoms with Crippen LogP contribution >= 0.6 is 0 Å². The lowest BCUT2D eigenvalue weighted by Gasteiger charge is -2.38. The molecule has 8 nitrogen and oxygen atoms in total. The van der Waals surface area contributed by atoms with Crippen LogP contribution in [0.15, 0.2) is 18.2 Å². The summed E-state index contributed by atoms with van der Waals surface area (Å²) >= 11 is 0. The maximum Gasteiger partial charge on any atom is 0.335 e. The number of hydrogen-bond acceptors (Lipinski definition) is 7. The molecule has 5 N–H and O–H groups in total. The van der Waals surface area contributed by atoms with Crippen molar-refractivity contribution in [1.29, 1.82) is 0 Å². The van der Waals surface area contributed by atoms with Crippen molar-refractivity contribution < 1.29 is 39.8 Å². The van der Waals surface area contributed by atoms with Crippen LogP contribution in [-0.4, -0.2) is 62.2 Å².